The molecule has 2 aliphatic rings. The molecule has 26 heavy (non-hydrogen) atoms. The zero-order chi connectivity index (χ0) is 18.3. The Morgan fingerprint density at radius 3 is 2.77 bits per heavy atom. The molecule has 1 N–H and O–H groups in total. The van der Waals surface area contributed by atoms with Crippen LogP contribution in [0.2, 0.25) is 0 Å². The van der Waals surface area contributed by atoms with Gasteiger partial charge in [0.25, 0.3) is 11.8 Å². The molecule has 1 saturated carbocycles. The fourth-order valence-electron chi connectivity index (χ4n) is 2.82. The fourth-order valence-corrected chi connectivity index (χ4v) is 2.82. The molecule has 1 fully saturated rings. The lowest BCUT2D eigenvalue weighted by molar-refractivity contribution is -0.121. The lowest BCUT2D eigenvalue weighted by atomic mass is 10.1. The number of anilines is 1. The molecule has 2 aromatic rings. The molecule has 1 aromatic carbocycles. The van der Waals surface area contributed by atoms with Crippen LogP contribution in [-0.4, -0.2) is 30.2 Å². The number of ketones is 1. The number of hydrogen-bond acceptors (Lipinski definition) is 5. The molecule has 7 nitrogen and oxygen atoms in total. The van der Waals surface area contributed by atoms with Gasteiger partial charge in [-0.05, 0) is 50.1 Å². The van der Waals surface area contributed by atoms with Gasteiger partial charge in [-0.1, -0.05) is 0 Å². The molecule has 134 valence electrons. The lowest BCUT2D eigenvalue weighted by Crippen LogP contribution is -2.38. The number of benzene rings is 1. The number of nitrogens with one attached hydrogen (secondary N) is 1. The molecule has 1 aromatic heterocycles. The number of amides is 2. The first-order chi connectivity index (χ1) is 12.5. The summed E-state index contributed by atoms with van der Waals surface area (Å²) in [5.74, 6) is 0.672. The Morgan fingerprint density at radius 2 is 2.04 bits per heavy atom. The topological polar surface area (TPSA) is 88.9 Å². The minimum absolute atomic E-state index is 0.0812. The number of fused-ring (bicyclic) bond motifs is 1. The van der Waals surface area contributed by atoms with Gasteiger partial charge in [0.05, 0.1) is 12.2 Å². The van der Waals surface area contributed by atoms with Crippen LogP contribution < -0.4 is 15.0 Å². The number of carbonyl (C=O) groups is 3. The largest absolute Gasteiger partial charge is 0.482 e. The van der Waals surface area contributed by atoms with Crippen LogP contribution in [0.3, 0.4) is 0 Å². The SMILES string of the molecule is CC(=O)c1ccc2c(c1)N(Cc1ccc(C(=O)NC3CC3)o1)C(=O)CO2. The maximum atomic E-state index is 12.3. The van der Waals surface area contributed by atoms with E-state index in [0.717, 1.165) is 12.8 Å². The third-order valence-electron chi connectivity index (χ3n) is 4.42. The van der Waals surface area contributed by atoms with Crippen molar-refractivity contribution in [1.29, 1.82) is 0 Å². The summed E-state index contributed by atoms with van der Waals surface area (Å²) >= 11 is 0. The monoisotopic (exact) mass is 354 g/mol. The molecule has 0 unspecified atom stereocenters. The Bertz CT molecular complexity index is 897. The zero-order valence-electron chi connectivity index (χ0n) is 14.3. The van der Waals surface area contributed by atoms with Gasteiger partial charge in [-0.25, -0.2) is 0 Å². The van der Waals surface area contributed by atoms with Crippen LogP contribution in [0.1, 0.15) is 46.4 Å². The number of hydrogen-bond donors (Lipinski definition) is 1. The van der Waals surface area contributed by atoms with Crippen molar-refractivity contribution in [2.45, 2.75) is 32.4 Å². The van der Waals surface area contributed by atoms with Crippen molar-refractivity contribution >= 4 is 23.3 Å². The maximum Gasteiger partial charge on any atom is 0.287 e. The molecule has 0 spiro atoms. The molecule has 4 rings (SSSR count). The van der Waals surface area contributed by atoms with Gasteiger partial charge < -0.3 is 14.5 Å². The Balaban J connectivity index is 1.57. The standard InChI is InChI=1S/C19H18N2O5/c1-11(22)12-2-6-16-15(8-12)21(18(23)10-25-16)9-14-5-7-17(26-14)19(24)20-13-3-4-13/h2,5-8,13H,3-4,9-10H2,1H3,(H,20,24). The van der Waals surface area contributed by atoms with Gasteiger partial charge in [-0.2, -0.15) is 0 Å². The second-order valence-corrected chi connectivity index (χ2v) is 6.52. The summed E-state index contributed by atoms with van der Waals surface area (Å²) in [5.41, 5.74) is 1.02. The van der Waals surface area contributed by atoms with E-state index in [1.807, 2.05) is 0 Å². The molecule has 1 aliphatic heterocycles. The molecular formula is C19H18N2O5. The quantitative estimate of drug-likeness (QED) is 0.832. The van der Waals surface area contributed by atoms with Crippen LogP contribution in [0.5, 0.6) is 5.75 Å². The molecule has 7 heteroatoms. The number of rotatable bonds is 5. The van der Waals surface area contributed by atoms with E-state index in [1.165, 1.54) is 11.8 Å². The number of carbonyl (C=O) groups excluding carboxylic acids is 3. The van der Waals surface area contributed by atoms with E-state index in [2.05, 4.69) is 5.32 Å². The van der Waals surface area contributed by atoms with E-state index in [0.29, 0.717) is 22.8 Å². The van der Waals surface area contributed by atoms with Crippen molar-refractivity contribution < 1.29 is 23.5 Å². The van der Waals surface area contributed by atoms with Gasteiger partial charge >= 0.3 is 0 Å². The summed E-state index contributed by atoms with van der Waals surface area (Å²) < 4.78 is 11.0. The van der Waals surface area contributed by atoms with Gasteiger partial charge in [0, 0.05) is 11.6 Å². The highest BCUT2D eigenvalue weighted by Crippen LogP contribution is 2.34. The first-order valence-corrected chi connectivity index (χ1v) is 8.49. The highest BCUT2D eigenvalue weighted by atomic mass is 16.5. The Kier molecular flexibility index (Phi) is 3.99. The van der Waals surface area contributed by atoms with Crippen LogP contribution in [-0.2, 0) is 11.3 Å². The van der Waals surface area contributed by atoms with E-state index in [4.69, 9.17) is 9.15 Å². The number of furan rings is 1. The normalized spacial score (nSPS) is 16.0. The summed E-state index contributed by atoms with van der Waals surface area (Å²) in [6, 6.07) is 8.51. The molecule has 1 aliphatic carbocycles. The van der Waals surface area contributed by atoms with E-state index in [-0.39, 0.29) is 42.6 Å². The lowest BCUT2D eigenvalue weighted by Gasteiger charge is -2.29. The van der Waals surface area contributed by atoms with Crippen molar-refractivity contribution in [3.05, 3.63) is 47.4 Å². The summed E-state index contributed by atoms with van der Waals surface area (Å²) in [4.78, 5) is 37.5. The van der Waals surface area contributed by atoms with Gasteiger partial charge in [0.1, 0.15) is 11.5 Å². The van der Waals surface area contributed by atoms with Gasteiger partial charge in [-0.15, -0.1) is 0 Å². The van der Waals surface area contributed by atoms with E-state index < -0.39 is 0 Å². The third kappa shape index (κ3) is 3.20. The van der Waals surface area contributed by atoms with Crippen LogP contribution in [0.4, 0.5) is 5.69 Å². The van der Waals surface area contributed by atoms with Gasteiger partial charge in [-0.3, -0.25) is 19.3 Å². The third-order valence-corrected chi connectivity index (χ3v) is 4.42. The summed E-state index contributed by atoms with van der Waals surface area (Å²) in [6.07, 6.45) is 1.99. The van der Waals surface area contributed by atoms with Gasteiger partial charge in [0.2, 0.25) is 0 Å². The Hall–Kier alpha value is -3.09. The highest BCUT2D eigenvalue weighted by molar-refractivity contribution is 6.01. The first-order valence-electron chi connectivity index (χ1n) is 8.49. The zero-order valence-corrected chi connectivity index (χ0v) is 14.3. The molecule has 0 radical (unpaired) electrons. The Morgan fingerprint density at radius 1 is 1.23 bits per heavy atom. The van der Waals surface area contributed by atoms with Crippen molar-refractivity contribution in [1.82, 2.24) is 5.32 Å². The molecule has 2 amide bonds. The molecule has 2 heterocycles. The molecule has 0 saturated heterocycles. The minimum atomic E-state index is -0.244. The van der Waals surface area contributed by atoms with Crippen LogP contribution in [0, 0.1) is 0 Å². The smallest absolute Gasteiger partial charge is 0.287 e. The summed E-state index contributed by atoms with van der Waals surface area (Å²) in [5, 5.41) is 2.86. The fraction of sp³-hybridized carbons (Fsp3) is 0.316. The average Bonchev–Trinajstić information content (AvgIpc) is 3.31. The maximum absolute atomic E-state index is 12.3. The second-order valence-electron chi connectivity index (χ2n) is 6.52. The second kappa shape index (κ2) is 6.33. The highest BCUT2D eigenvalue weighted by Gasteiger charge is 2.28. The van der Waals surface area contributed by atoms with Gasteiger partial charge in [0.15, 0.2) is 18.2 Å². The molecule has 0 bridgehead atoms. The Labute approximate surface area is 149 Å². The molecular weight excluding hydrogens is 336 g/mol. The predicted molar refractivity (Wildman–Crippen MR) is 92.3 cm³/mol. The van der Waals surface area contributed by atoms with Crippen molar-refractivity contribution in [2.75, 3.05) is 11.5 Å². The summed E-state index contributed by atoms with van der Waals surface area (Å²) in [6.45, 7) is 1.55. The number of Topliss-reactive ketones (excluding diaryl/α,β-unsaturated/α-hetero) is 1. The van der Waals surface area contributed by atoms with Crippen molar-refractivity contribution in [2.24, 2.45) is 0 Å². The predicted octanol–water partition coefficient (Wildman–Crippen LogP) is 2.30. The van der Waals surface area contributed by atoms with Crippen molar-refractivity contribution in [3.8, 4) is 5.75 Å². The summed E-state index contributed by atoms with van der Waals surface area (Å²) in [7, 11) is 0. The van der Waals surface area contributed by atoms with Crippen LogP contribution in [0.25, 0.3) is 0 Å². The first kappa shape index (κ1) is 16.4. The van der Waals surface area contributed by atoms with Crippen molar-refractivity contribution in [3.63, 3.8) is 0 Å². The number of nitrogens with zero attached hydrogens (tertiary/aromatic N) is 1. The van der Waals surface area contributed by atoms with E-state index in [1.54, 1.807) is 30.3 Å². The average molecular weight is 354 g/mol. The minimum Gasteiger partial charge on any atom is -0.482 e. The number of ether oxygens (including phenoxy) is 1. The van der Waals surface area contributed by atoms with Crippen LogP contribution in [0.15, 0.2) is 34.7 Å². The van der Waals surface area contributed by atoms with Crippen LogP contribution >= 0.6 is 0 Å². The molecule has 0 atom stereocenters. The van der Waals surface area contributed by atoms with E-state index >= 15 is 0 Å². The van der Waals surface area contributed by atoms with E-state index in [9.17, 15) is 14.4 Å².